The van der Waals surface area contributed by atoms with Crippen molar-refractivity contribution in [3.8, 4) is 5.75 Å². The lowest BCUT2D eigenvalue weighted by Crippen LogP contribution is -2.49. The molecule has 1 aromatic carbocycles. The molecule has 0 aliphatic carbocycles. The van der Waals surface area contributed by atoms with Crippen LogP contribution in [0.3, 0.4) is 0 Å². The van der Waals surface area contributed by atoms with Crippen molar-refractivity contribution in [2.45, 2.75) is 46.8 Å². The Kier molecular flexibility index (Phi) is 7.06. The molecule has 174 valence electrons. The van der Waals surface area contributed by atoms with E-state index in [4.69, 9.17) is 4.42 Å². The van der Waals surface area contributed by atoms with Crippen LogP contribution < -0.4 is 15.4 Å². The van der Waals surface area contributed by atoms with Crippen LogP contribution in [0.15, 0.2) is 27.0 Å². The number of phenols is 1. The lowest BCUT2D eigenvalue weighted by atomic mass is 10.0. The van der Waals surface area contributed by atoms with Gasteiger partial charge in [0.1, 0.15) is 17.7 Å². The monoisotopic (exact) mass is 461 g/mol. The number of anilines is 1. The second-order valence-electron chi connectivity index (χ2n) is 8.53. The number of amidine groups is 1. The van der Waals surface area contributed by atoms with Crippen LogP contribution in [0.4, 0.5) is 5.69 Å². The van der Waals surface area contributed by atoms with Gasteiger partial charge in [-0.15, -0.1) is 0 Å². The van der Waals surface area contributed by atoms with E-state index >= 15 is 0 Å². The van der Waals surface area contributed by atoms with Gasteiger partial charge in [-0.25, -0.2) is 4.21 Å². The summed E-state index contributed by atoms with van der Waals surface area (Å²) in [4.78, 5) is 13.9. The second-order valence-corrected chi connectivity index (χ2v) is 9.45. The minimum Gasteiger partial charge on any atom is -0.505 e. The van der Waals surface area contributed by atoms with Crippen molar-refractivity contribution < 1.29 is 18.5 Å². The van der Waals surface area contributed by atoms with Crippen molar-refractivity contribution in [2.24, 2.45) is 10.3 Å². The van der Waals surface area contributed by atoms with Crippen molar-refractivity contribution in [3.63, 3.8) is 0 Å². The van der Waals surface area contributed by atoms with Crippen molar-refractivity contribution >= 4 is 28.6 Å². The molecule has 0 saturated heterocycles. The molecule has 0 spiro atoms. The molecule has 4 N–H and O–H groups in total. The third kappa shape index (κ3) is 4.87. The van der Waals surface area contributed by atoms with Crippen molar-refractivity contribution in [1.29, 1.82) is 0 Å². The average Bonchev–Trinajstić information content (AvgIpc) is 3.22. The predicted molar refractivity (Wildman–Crippen MR) is 126 cm³/mol. The quantitative estimate of drug-likeness (QED) is 0.491. The number of amides is 1. The van der Waals surface area contributed by atoms with Crippen LogP contribution in [0, 0.1) is 26.7 Å². The smallest absolute Gasteiger partial charge is 0.257 e. The zero-order valence-corrected chi connectivity index (χ0v) is 20.3. The van der Waals surface area contributed by atoms with Gasteiger partial charge in [-0.05, 0) is 49.9 Å². The molecule has 10 heteroatoms. The van der Waals surface area contributed by atoms with Crippen LogP contribution in [-0.4, -0.2) is 46.2 Å². The van der Waals surface area contributed by atoms with Gasteiger partial charge in [-0.1, -0.05) is 19.9 Å². The number of carbonyl (C=O) groups excluding carboxylic acids is 1. The summed E-state index contributed by atoms with van der Waals surface area (Å²) in [6, 6.07) is 5.23. The largest absolute Gasteiger partial charge is 0.505 e. The van der Waals surface area contributed by atoms with Gasteiger partial charge < -0.3 is 19.7 Å². The molecule has 2 aromatic rings. The summed E-state index contributed by atoms with van der Waals surface area (Å²) in [6.45, 7) is 9.79. The molecule has 1 amide bonds. The number of phenolic OH excluding ortho intramolecular Hbond substituents is 1. The summed E-state index contributed by atoms with van der Waals surface area (Å²) in [5, 5.41) is 17.2. The summed E-state index contributed by atoms with van der Waals surface area (Å²) < 4.78 is 25.1. The minimum atomic E-state index is -1.65. The Bertz CT molecular complexity index is 1060. The molecule has 0 radical (unpaired) electrons. The number of hydrogen-bond donors (Lipinski definition) is 4. The second kappa shape index (κ2) is 9.43. The Morgan fingerprint density at radius 3 is 2.50 bits per heavy atom. The highest BCUT2D eigenvalue weighted by Crippen LogP contribution is 2.32. The molecule has 2 heterocycles. The molecule has 0 fully saturated rings. The first-order valence-corrected chi connectivity index (χ1v) is 11.5. The highest BCUT2D eigenvalue weighted by Gasteiger charge is 2.32. The first kappa shape index (κ1) is 24.0. The lowest BCUT2D eigenvalue weighted by molar-refractivity contribution is 0.0824. The Hall–Kier alpha value is -2.69. The number of aromatic hydroxyl groups is 1. The van der Waals surface area contributed by atoms with E-state index in [0.29, 0.717) is 17.1 Å². The van der Waals surface area contributed by atoms with Gasteiger partial charge in [0.05, 0.1) is 17.3 Å². The van der Waals surface area contributed by atoms with Gasteiger partial charge in [0, 0.05) is 14.1 Å². The molecule has 0 bridgehead atoms. The molecule has 1 aliphatic heterocycles. The number of furan rings is 1. The fraction of sp³-hybridized carbons (Fsp3) is 0.455. The lowest BCUT2D eigenvalue weighted by Gasteiger charge is -2.25. The maximum absolute atomic E-state index is 12.5. The van der Waals surface area contributed by atoms with E-state index in [0.717, 1.165) is 17.1 Å². The van der Waals surface area contributed by atoms with Gasteiger partial charge in [-0.3, -0.25) is 10.1 Å². The molecular weight excluding hydrogens is 430 g/mol. The number of nitrogens with zero attached hydrogens (tertiary/aromatic N) is 2. The first-order chi connectivity index (χ1) is 15.0. The molecular formula is C22H31N5O4S. The molecule has 0 saturated carbocycles. The Labute approximate surface area is 191 Å². The van der Waals surface area contributed by atoms with E-state index in [2.05, 4.69) is 33.6 Å². The summed E-state index contributed by atoms with van der Waals surface area (Å²) in [6.07, 6.45) is -0.581. The molecule has 1 aromatic heterocycles. The van der Waals surface area contributed by atoms with Gasteiger partial charge >= 0.3 is 0 Å². The topological polar surface area (TPSA) is 119 Å². The molecule has 3 atom stereocenters. The normalized spacial score (nSPS) is 19.2. The van der Waals surface area contributed by atoms with E-state index in [1.807, 2.05) is 19.9 Å². The Balaban J connectivity index is 1.88. The SMILES string of the molecule is Cc1cc([C@H](NC2NS(=O)N=C2Nc2ccc(C)c(C(=O)N(C)C)c2O)C(C)C)oc1C. The fourth-order valence-corrected chi connectivity index (χ4v) is 4.26. The summed E-state index contributed by atoms with van der Waals surface area (Å²) in [5.74, 6) is 1.67. The number of benzene rings is 1. The zero-order chi connectivity index (χ0) is 23.7. The molecule has 2 unspecified atom stereocenters. The zero-order valence-electron chi connectivity index (χ0n) is 19.4. The number of hydrogen-bond acceptors (Lipinski definition) is 6. The number of nitrogens with one attached hydrogen (secondary N) is 3. The van der Waals surface area contributed by atoms with Gasteiger partial charge in [0.2, 0.25) is 11.2 Å². The maximum Gasteiger partial charge on any atom is 0.257 e. The van der Waals surface area contributed by atoms with Gasteiger partial charge in [-0.2, -0.15) is 9.12 Å². The van der Waals surface area contributed by atoms with Gasteiger partial charge in [0.15, 0.2) is 11.6 Å². The van der Waals surface area contributed by atoms with E-state index in [9.17, 15) is 14.1 Å². The first-order valence-electron chi connectivity index (χ1n) is 10.4. The standard InChI is InChI=1S/C22H31N5O4S/c1-11(2)18(16-10-13(4)14(5)31-16)24-21-20(25-32(30)26-21)23-15-9-8-12(3)17(19(15)28)22(29)27(6)7/h8-11,18,21,24,26,28H,1-7H3,(H,23,25)/t18-,21?,32?/m1/s1. The van der Waals surface area contributed by atoms with E-state index in [1.54, 1.807) is 33.2 Å². The fourth-order valence-electron chi connectivity index (χ4n) is 3.50. The van der Waals surface area contributed by atoms with Crippen molar-refractivity contribution in [2.75, 3.05) is 19.4 Å². The van der Waals surface area contributed by atoms with Crippen LogP contribution in [0.2, 0.25) is 0 Å². The number of carbonyl (C=O) groups is 1. The third-order valence-electron chi connectivity index (χ3n) is 5.45. The van der Waals surface area contributed by atoms with Crippen LogP contribution in [-0.2, 0) is 11.2 Å². The summed E-state index contributed by atoms with van der Waals surface area (Å²) >= 11 is -1.65. The molecule has 9 nitrogen and oxygen atoms in total. The Morgan fingerprint density at radius 1 is 1.25 bits per heavy atom. The van der Waals surface area contributed by atoms with E-state index in [-0.39, 0.29) is 29.2 Å². The van der Waals surface area contributed by atoms with E-state index in [1.165, 1.54) is 4.90 Å². The van der Waals surface area contributed by atoms with Gasteiger partial charge in [0.25, 0.3) is 5.91 Å². The minimum absolute atomic E-state index is 0.167. The molecule has 3 rings (SSSR count). The highest BCUT2D eigenvalue weighted by molar-refractivity contribution is 7.82. The Morgan fingerprint density at radius 2 is 1.94 bits per heavy atom. The number of rotatable bonds is 6. The van der Waals surface area contributed by atoms with Crippen molar-refractivity contribution in [3.05, 3.63) is 46.4 Å². The van der Waals surface area contributed by atoms with Crippen LogP contribution >= 0.6 is 0 Å². The summed E-state index contributed by atoms with van der Waals surface area (Å²) in [5.41, 5.74) is 2.22. The summed E-state index contributed by atoms with van der Waals surface area (Å²) in [7, 11) is 3.25. The van der Waals surface area contributed by atoms with Crippen LogP contribution in [0.1, 0.15) is 52.9 Å². The average molecular weight is 462 g/mol. The van der Waals surface area contributed by atoms with Crippen LogP contribution in [0.5, 0.6) is 5.75 Å². The van der Waals surface area contributed by atoms with Crippen LogP contribution in [0.25, 0.3) is 0 Å². The molecule has 32 heavy (non-hydrogen) atoms. The maximum atomic E-state index is 12.5. The molecule has 1 aliphatic rings. The highest BCUT2D eigenvalue weighted by atomic mass is 32.2. The van der Waals surface area contributed by atoms with E-state index < -0.39 is 17.3 Å². The predicted octanol–water partition coefficient (Wildman–Crippen LogP) is 2.92. The third-order valence-corrected chi connectivity index (χ3v) is 6.25. The number of aryl methyl sites for hydroxylation is 3. The van der Waals surface area contributed by atoms with Crippen molar-refractivity contribution in [1.82, 2.24) is 14.9 Å².